The first kappa shape index (κ1) is 22.5. The van der Waals surface area contributed by atoms with E-state index in [1.54, 1.807) is 38.1 Å². The number of aryl methyl sites for hydroxylation is 1. The van der Waals surface area contributed by atoms with E-state index in [1.165, 1.54) is 24.3 Å². The van der Waals surface area contributed by atoms with E-state index in [-0.39, 0.29) is 11.6 Å². The molecule has 9 nitrogen and oxygen atoms in total. The highest BCUT2D eigenvalue weighted by atomic mass is 16.6. The van der Waals surface area contributed by atoms with Crippen LogP contribution < -0.4 is 10.6 Å². The number of hydrogen-bond acceptors (Lipinski definition) is 6. The van der Waals surface area contributed by atoms with Crippen LogP contribution in [0.15, 0.2) is 48.5 Å². The minimum absolute atomic E-state index is 0.108. The quantitative estimate of drug-likeness (QED) is 0.389. The lowest BCUT2D eigenvalue weighted by atomic mass is 10.0. The molecule has 0 radical (unpaired) electrons. The van der Waals surface area contributed by atoms with Crippen molar-refractivity contribution in [1.82, 2.24) is 5.32 Å². The SMILES string of the molecule is Cc1ccc(C(=O)NC(C(=O)OCC(=O)Nc2ccc([N+](=O)[O-])cc2)C(C)C)cc1. The van der Waals surface area contributed by atoms with E-state index in [9.17, 15) is 24.5 Å². The monoisotopic (exact) mass is 413 g/mol. The third-order valence-electron chi connectivity index (χ3n) is 4.23. The second kappa shape index (κ2) is 10.1. The molecule has 30 heavy (non-hydrogen) atoms. The minimum Gasteiger partial charge on any atom is -0.454 e. The summed E-state index contributed by atoms with van der Waals surface area (Å²) in [6, 6.07) is 11.2. The Labute approximate surface area is 173 Å². The molecule has 0 fully saturated rings. The number of esters is 1. The number of amides is 2. The number of nitrogens with one attached hydrogen (secondary N) is 2. The summed E-state index contributed by atoms with van der Waals surface area (Å²) >= 11 is 0. The van der Waals surface area contributed by atoms with Gasteiger partial charge in [-0.3, -0.25) is 19.7 Å². The summed E-state index contributed by atoms with van der Waals surface area (Å²) in [5.41, 5.74) is 1.64. The van der Waals surface area contributed by atoms with E-state index < -0.39 is 35.4 Å². The topological polar surface area (TPSA) is 128 Å². The van der Waals surface area contributed by atoms with E-state index in [0.717, 1.165) is 5.56 Å². The van der Waals surface area contributed by atoms with E-state index in [2.05, 4.69) is 10.6 Å². The van der Waals surface area contributed by atoms with Gasteiger partial charge < -0.3 is 15.4 Å². The first-order chi connectivity index (χ1) is 14.2. The van der Waals surface area contributed by atoms with Gasteiger partial charge in [0.2, 0.25) is 0 Å². The molecule has 2 rings (SSSR count). The number of nitro groups is 1. The first-order valence-electron chi connectivity index (χ1n) is 9.26. The van der Waals surface area contributed by atoms with Crippen LogP contribution in [0.5, 0.6) is 0 Å². The number of nitrogens with zero attached hydrogens (tertiary/aromatic N) is 1. The highest BCUT2D eigenvalue weighted by Gasteiger charge is 2.26. The maximum atomic E-state index is 12.4. The molecular weight excluding hydrogens is 390 g/mol. The number of hydrogen-bond donors (Lipinski definition) is 2. The lowest BCUT2D eigenvalue weighted by Gasteiger charge is -2.20. The fourth-order valence-electron chi connectivity index (χ4n) is 2.52. The largest absolute Gasteiger partial charge is 0.454 e. The third-order valence-corrected chi connectivity index (χ3v) is 4.23. The Morgan fingerprint density at radius 2 is 1.63 bits per heavy atom. The predicted octanol–water partition coefficient (Wildman–Crippen LogP) is 2.84. The van der Waals surface area contributed by atoms with Crippen molar-refractivity contribution in [2.24, 2.45) is 5.92 Å². The van der Waals surface area contributed by atoms with Crippen molar-refractivity contribution >= 4 is 29.2 Å². The molecule has 0 heterocycles. The van der Waals surface area contributed by atoms with Gasteiger partial charge in [-0.1, -0.05) is 31.5 Å². The van der Waals surface area contributed by atoms with Gasteiger partial charge in [0.05, 0.1) is 4.92 Å². The molecule has 2 amide bonds. The summed E-state index contributed by atoms with van der Waals surface area (Å²) in [6.45, 7) is 4.84. The van der Waals surface area contributed by atoms with Crippen molar-refractivity contribution in [3.63, 3.8) is 0 Å². The molecule has 0 aliphatic carbocycles. The van der Waals surface area contributed by atoms with Crippen molar-refractivity contribution in [1.29, 1.82) is 0 Å². The van der Waals surface area contributed by atoms with Gasteiger partial charge in [-0.25, -0.2) is 4.79 Å². The van der Waals surface area contributed by atoms with E-state index >= 15 is 0 Å². The molecule has 0 aliphatic rings. The molecule has 0 bridgehead atoms. The molecular formula is C21H23N3O6. The first-order valence-corrected chi connectivity index (χ1v) is 9.26. The molecule has 0 aromatic heterocycles. The summed E-state index contributed by atoms with van der Waals surface area (Å²) in [7, 11) is 0. The van der Waals surface area contributed by atoms with Crippen LogP contribution in [-0.2, 0) is 14.3 Å². The zero-order valence-electron chi connectivity index (χ0n) is 16.9. The highest BCUT2D eigenvalue weighted by Crippen LogP contribution is 2.15. The number of carbonyl (C=O) groups excluding carboxylic acids is 3. The maximum Gasteiger partial charge on any atom is 0.329 e. The van der Waals surface area contributed by atoms with Crippen molar-refractivity contribution in [3.8, 4) is 0 Å². The standard InChI is InChI=1S/C21H23N3O6/c1-13(2)19(23-20(26)15-6-4-14(3)5-7-15)21(27)30-12-18(25)22-16-8-10-17(11-9-16)24(28)29/h4-11,13,19H,12H2,1-3H3,(H,22,25)(H,23,26). The fraction of sp³-hybridized carbons (Fsp3) is 0.286. The van der Waals surface area contributed by atoms with Gasteiger partial charge in [-0.05, 0) is 37.1 Å². The average Bonchev–Trinajstić information content (AvgIpc) is 2.70. The predicted molar refractivity (Wildman–Crippen MR) is 110 cm³/mol. The summed E-state index contributed by atoms with van der Waals surface area (Å²) < 4.78 is 5.04. The summed E-state index contributed by atoms with van der Waals surface area (Å²) in [5.74, 6) is -2.01. The number of benzene rings is 2. The lowest BCUT2D eigenvalue weighted by Crippen LogP contribution is -2.45. The molecule has 1 atom stereocenters. The lowest BCUT2D eigenvalue weighted by molar-refractivity contribution is -0.384. The number of anilines is 1. The van der Waals surface area contributed by atoms with Crippen LogP contribution in [0.4, 0.5) is 11.4 Å². The van der Waals surface area contributed by atoms with Crippen LogP contribution in [0.25, 0.3) is 0 Å². The zero-order chi connectivity index (χ0) is 22.3. The van der Waals surface area contributed by atoms with Gasteiger partial charge in [0.25, 0.3) is 17.5 Å². The molecule has 9 heteroatoms. The number of ether oxygens (including phenoxy) is 1. The number of nitro benzene ring substituents is 1. The number of non-ortho nitro benzene ring substituents is 1. The van der Waals surface area contributed by atoms with Crippen LogP contribution >= 0.6 is 0 Å². The van der Waals surface area contributed by atoms with E-state index in [0.29, 0.717) is 11.3 Å². The van der Waals surface area contributed by atoms with Crippen LogP contribution in [0, 0.1) is 23.0 Å². The van der Waals surface area contributed by atoms with Gasteiger partial charge >= 0.3 is 5.97 Å². The smallest absolute Gasteiger partial charge is 0.329 e. The Morgan fingerprint density at radius 1 is 1.03 bits per heavy atom. The van der Waals surface area contributed by atoms with Crippen LogP contribution in [0.3, 0.4) is 0 Å². The molecule has 2 aromatic carbocycles. The van der Waals surface area contributed by atoms with Gasteiger partial charge in [-0.2, -0.15) is 0 Å². The molecule has 0 aliphatic heterocycles. The molecule has 0 saturated carbocycles. The van der Waals surface area contributed by atoms with Gasteiger partial charge in [-0.15, -0.1) is 0 Å². The summed E-state index contributed by atoms with van der Waals surface area (Å²) in [5, 5.41) is 15.8. The minimum atomic E-state index is -0.925. The molecule has 0 saturated heterocycles. The zero-order valence-corrected chi connectivity index (χ0v) is 16.9. The summed E-state index contributed by atoms with van der Waals surface area (Å²) in [6.07, 6.45) is 0. The van der Waals surface area contributed by atoms with Gasteiger partial charge in [0.15, 0.2) is 6.61 Å². The van der Waals surface area contributed by atoms with E-state index in [1.807, 2.05) is 6.92 Å². The molecule has 158 valence electrons. The molecule has 0 spiro atoms. The molecule has 2 aromatic rings. The third kappa shape index (κ3) is 6.40. The van der Waals surface area contributed by atoms with Crippen molar-refractivity contribution in [3.05, 3.63) is 69.8 Å². The Bertz CT molecular complexity index is 923. The molecule has 2 N–H and O–H groups in total. The fourth-order valence-corrected chi connectivity index (χ4v) is 2.52. The van der Waals surface area contributed by atoms with Crippen molar-refractivity contribution in [2.75, 3.05) is 11.9 Å². The van der Waals surface area contributed by atoms with Crippen LogP contribution in [-0.4, -0.2) is 35.4 Å². The number of rotatable bonds is 8. The Hall–Kier alpha value is -3.75. The van der Waals surface area contributed by atoms with Gasteiger partial charge in [0, 0.05) is 23.4 Å². The van der Waals surface area contributed by atoms with Crippen LogP contribution in [0.1, 0.15) is 29.8 Å². The highest BCUT2D eigenvalue weighted by molar-refractivity contribution is 5.97. The summed E-state index contributed by atoms with van der Waals surface area (Å²) in [4.78, 5) is 46.9. The molecule has 1 unspecified atom stereocenters. The normalized spacial score (nSPS) is 11.5. The maximum absolute atomic E-state index is 12.4. The Balaban J connectivity index is 1.91. The Morgan fingerprint density at radius 3 is 2.17 bits per heavy atom. The van der Waals surface area contributed by atoms with Gasteiger partial charge in [0.1, 0.15) is 6.04 Å². The number of carbonyl (C=O) groups is 3. The second-order valence-electron chi connectivity index (χ2n) is 7.02. The van der Waals surface area contributed by atoms with Crippen LogP contribution in [0.2, 0.25) is 0 Å². The second-order valence-corrected chi connectivity index (χ2v) is 7.02. The Kier molecular flexibility index (Phi) is 7.62. The average molecular weight is 413 g/mol. The van der Waals surface area contributed by atoms with Crippen molar-refractivity contribution in [2.45, 2.75) is 26.8 Å². The van der Waals surface area contributed by atoms with E-state index in [4.69, 9.17) is 4.74 Å². The van der Waals surface area contributed by atoms with Crippen molar-refractivity contribution < 1.29 is 24.0 Å².